The Morgan fingerprint density at radius 1 is 1.32 bits per heavy atom. The fourth-order valence-corrected chi connectivity index (χ4v) is 3.35. The van der Waals surface area contributed by atoms with Crippen LogP contribution < -0.4 is 5.73 Å². The van der Waals surface area contributed by atoms with Crippen molar-refractivity contribution >= 4 is 30.7 Å². The van der Waals surface area contributed by atoms with Crippen molar-refractivity contribution in [2.45, 2.75) is 51.5 Å². The van der Waals surface area contributed by atoms with Crippen LogP contribution in [0.3, 0.4) is 0 Å². The van der Waals surface area contributed by atoms with Crippen LogP contribution in [0.2, 0.25) is 0 Å². The zero-order valence-electron chi connectivity index (χ0n) is 14.7. The Morgan fingerprint density at radius 3 is 2.68 bits per heavy atom. The molecule has 1 amide bonds. The van der Waals surface area contributed by atoms with E-state index in [9.17, 15) is 4.79 Å². The molecule has 1 aromatic heterocycles. The summed E-state index contributed by atoms with van der Waals surface area (Å²) < 4.78 is 13.5. The van der Waals surface area contributed by atoms with Crippen molar-refractivity contribution in [3.05, 3.63) is 17.5 Å². The predicted octanol–water partition coefficient (Wildman–Crippen LogP) is 1.08. The van der Waals surface area contributed by atoms with E-state index < -0.39 is 0 Å². The summed E-state index contributed by atoms with van der Waals surface area (Å²) in [5, 5.41) is 4.47. The van der Waals surface area contributed by atoms with Crippen molar-refractivity contribution < 1.29 is 14.3 Å². The second-order valence-electron chi connectivity index (χ2n) is 6.45. The Labute approximate surface area is 161 Å². The summed E-state index contributed by atoms with van der Waals surface area (Å²) in [5.74, 6) is 0.0719. The van der Waals surface area contributed by atoms with Gasteiger partial charge < -0.3 is 20.1 Å². The van der Waals surface area contributed by atoms with Crippen LogP contribution >= 0.6 is 24.8 Å². The lowest BCUT2D eigenvalue weighted by molar-refractivity contribution is -0.150. The summed E-state index contributed by atoms with van der Waals surface area (Å²) in [6.07, 6.45) is 1.29. The van der Waals surface area contributed by atoms with E-state index in [4.69, 9.17) is 15.2 Å². The smallest absolute Gasteiger partial charge is 0.251 e. The summed E-state index contributed by atoms with van der Waals surface area (Å²) in [6, 6.07) is 2.05. The molecule has 0 saturated carbocycles. The molecule has 1 aromatic rings. The molecular formula is C16H28Cl2N4O3. The summed E-state index contributed by atoms with van der Waals surface area (Å²) in [7, 11) is 0. The summed E-state index contributed by atoms with van der Waals surface area (Å²) >= 11 is 0. The molecule has 2 aliphatic heterocycles. The number of carbonyl (C=O) groups excluding carboxylic acids is 1. The first kappa shape index (κ1) is 22.2. The molecule has 0 radical (unpaired) electrons. The molecule has 3 rings (SSSR count). The van der Waals surface area contributed by atoms with E-state index in [1.54, 1.807) is 0 Å². The highest BCUT2D eigenvalue weighted by molar-refractivity contribution is 5.85. The fraction of sp³-hybridized carbons (Fsp3) is 0.750. The van der Waals surface area contributed by atoms with Crippen molar-refractivity contribution in [1.82, 2.24) is 14.7 Å². The zero-order chi connectivity index (χ0) is 16.4. The molecule has 0 aliphatic carbocycles. The number of halogens is 2. The minimum Gasteiger partial charge on any atom is -0.373 e. The Bertz CT molecular complexity index is 570. The Morgan fingerprint density at radius 2 is 2.08 bits per heavy atom. The predicted molar refractivity (Wildman–Crippen MR) is 99.5 cm³/mol. The monoisotopic (exact) mass is 394 g/mol. The average Bonchev–Trinajstić information content (AvgIpc) is 3.14. The third kappa shape index (κ3) is 5.31. The number of nitrogens with two attached hydrogens (primary N) is 1. The minimum absolute atomic E-state index is 0. The van der Waals surface area contributed by atoms with Gasteiger partial charge in [-0.2, -0.15) is 5.10 Å². The number of amides is 1. The third-order valence-corrected chi connectivity index (χ3v) is 4.58. The molecule has 0 aromatic carbocycles. The van der Waals surface area contributed by atoms with Crippen LogP contribution in [0.25, 0.3) is 0 Å². The maximum absolute atomic E-state index is 12.6. The zero-order valence-corrected chi connectivity index (χ0v) is 16.4. The van der Waals surface area contributed by atoms with Gasteiger partial charge in [-0.1, -0.05) is 0 Å². The quantitative estimate of drug-likeness (QED) is 0.825. The maximum atomic E-state index is 12.6. The van der Waals surface area contributed by atoms with Gasteiger partial charge in [0.1, 0.15) is 6.10 Å². The van der Waals surface area contributed by atoms with Crippen LogP contribution in [-0.4, -0.2) is 65.1 Å². The maximum Gasteiger partial charge on any atom is 0.251 e. The van der Waals surface area contributed by atoms with Gasteiger partial charge in [0, 0.05) is 25.3 Å². The standard InChI is InChI=1S/C16H26N4O3.2ClH/c1-11-7-12(2)20(18-11)10-14-9-19(5-6-22-14)16(21)15-4-3-13(8-17)23-15;;/h7,13-15H,3-6,8-10,17H2,1-2H3;2*1H/t13-,14?,15+;;/m1../s1. The van der Waals surface area contributed by atoms with Crippen molar-refractivity contribution in [2.24, 2.45) is 5.73 Å². The van der Waals surface area contributed by atoms with Gasteiger partial charge in [-0.05, 0) is 32.8 Å². The van der Waals surface area contributed by atoms with E-state index >= 15 is 0 Å². The van der Waals surface area contributed by atoms with Gasteiger partial charge in [-0.15, -0.1) is 24.8 Å². The largest absolute Gasteiger partial charge is 0.373 e. The molecule has 3 atom stereocenters. The van der Waals surface area contributed by atoms with Crippen molar-refractivity contribution in [3.8, 4) is 0 Å². The number of ether oxygens (including phenoxy) is 2. The molecule has 2 aliphatic rings. The number of morpholine rings is 1. The second-order valence-corrected chi connectivity index (χ2v) is 6.45. The number of carbonyl (C=O) groups is 1. The van der Waals surface area contributed by atoms with Crippen LogP contribution in [0.4, 0.5) is 0 Å². The summed E-state index contributed by atoms with van der Waals surface area (Å²) in [5.41, 5.74) is 7.73. The molecule has 2 fully saturated rings. The van der Waals surface area contributed by atoms with Gasteiger partial charge in [-0.25, -0.2) is 0 Å². The van der Waals surface area contributed by atoms with Gasteiger partial charge in [-0.3, -0.25) is 9.48 Å². The van der Waals surface area contributed by atoms with Gasteiger partial charge >= 0.3 is 0 Å². The Balaban J connectivity index is 0.00000156. The first-order chi connectivity index (χ1) is 11.1. The molecule has 0 spiro atoms. The van der Waals surface area contributed by atoms with Crippen LogP contribution in [-0.2, 0) is 20.8 Å². The lowest BCUT2D eigenvalue weighted by Crippen LogP contribution is -2.50. The fourth-order valence-electron chi connectivity index (χ4n) is 3.35. The highest BCUT2D eigenvalue weighted by Gasteiger charge is 2.35. The lowest BCUT2D eigenvalue weighted by Gasteiger charge is -2.34. The molecule has 7 nitrogen and oxygen atoms in total. The van der Waals surface area contributed by atoms with Gasteiger partial charge in [0.25, 0.3) is 5.91 Å². The molecule has 25 heavy (non-hydrogen) atoms. The van der Waals surface area contributed by atoms with E-state index in [-0.39, 0.29) is 49.0 Å². The van der Waals surface area contributed by atoms with Crippen LogP contribution in [0, 0.1) is 13.8 Å². The Hall–Kier alpha value is -0.860. The second kappa shape index (κ2) is 9.73. The SMILES string of the molecule is Cc1cc(C)n(CC2CN(C(=O)[C@@H]3CC[C@H](CN)O3)CCO2)n1.Cl.Cl. The average molecular weight is 395 g/mol. The molecule has 144 valence electrons. The van der Waals surface area contributed by atoms with Crippen LogP contribution in [0.5, 0.6) is 0 Å². The molecule has 0 bridgehead atoms. The summed E-state index contributed by atoms with van der Waals surface area (Å²) in [6.45, 7) is 6.93. The van der Waals surface area contributed by atoms with E-state index in [1.165, 1.54) is 0 Å². The van der Waals surface area contributed by atoms with Crippen LogP contribution in [0.15, 0.2) is 6.07 Å². The van der Waals surface area contributed by atoms with Crippen molar-refractivity contribution in [2.75, 3.05) is 26.2 Å². The Kier molecular flexibility index (Phi) is 8.63. The number of aromatic nitrogens is 2. The van der Waals surface area contributed by atoms with Gasteiger partial charge in [0.2, 0.25) is 0 Å². The van der Waals surface area contributed by atoms with E-state index in [2.05, 4.69) is 5.10 Å². The minimum atomic E-state index is -0.337. The molecule has 2 saturated heterocycles. The topological polar surface area (TPSA) is 82.6 Å². The molecule has 2 N–H and O–H groups in total. The van der Waals surface area contributed by atoms with Gasteiger partial charge in [0.15, 0.2) is 0 Å². The first-order valence-electron chi connectivity index (χ1n) is 8.33. The van der Waals surface area contributed by atoms with Crippen molar-refractivity contribution in [1.29, 1.82) is 0 Å². The van der Waals surface area contributed by atoms with Crippen molar-refractivity contribution in [3.63, 3.8) is 0 Å². The third-order valence-electron chi connectivity index (χ3n) is 4.58. The molecule has 1 unspecified atom stereocenters. The van der Waals surface area contributed by atoms with E-state index in [0.29, 0.717) is 32.8 Å². The highest BCUT2D eigenvalue weighted by atomic mass is 35.5. The molecule has 9 heteroatoms. The number of aryl methyl sites for hydroxylation is 2. The van der Waals surface area contributed by atoms with Gasteiger partial charge in [0.05, 0.1) is 31.1 Å². The number of hydrogen-bond donors (Lipinski definition) is 1. The van der Waals surface area contributed by atoms with E-state index in [1.807, 2.05) is 29.5 Å². The number of hydrogen-bond acceptors (Lipinski definition) is 5. The van der Waals surface area contributed by atoms with E-state index in [0.717, 1.165) is 24.2 Å². The first-order valence-corrected chi connectivity index (χ1v) is 8.33. The number of nitrogens with zero attached hydrogens (tertiary/aromatic N) is 3. The molecular weight excluding hydrogens is 367 g/mol. The van der Waals surface area contributed by atoms with Crippen LogP contribution in [0.1, 0.15) is 24.2 Å². The lowest BCUT2D eigenvalue weighted by atomic mass is 10.1. The molecule has 3 heterocycles. The highest BCUT2D eigenvalue weighted by Crippen LogP contribution is 2.22. The normalized spacial score (nSPS) is 26.0. The summed E-state index contributed by atoms with van der Waals surface area (Å²) in [4.78, 5) is 14.5. The number of rotatable bonds is 4.